The van der Waals surface area contributed by atoms with Gasteiger partial charge in [0.15, 0.2) is 5.78 Å². The van der Waals surface area contributed by atoms with Gasteiger partial charge in [0.1, 0.15) is 10.6 Å². The predicted octanol–water partition coefficient (Wildman–Crippen LogP) is 4.72. The van der Waals surface area contributed by atoms with Gasteiger partial charge in [-0.2, -0.15) is 0 Å². The number of ketones is 1. The SMILES string of the molecule is CCOc1ccc(C(=O)Cn2cnc3sc(-c4ccccc4)c(C)c3c2=O)cc1. The lowest BCUT2D eigenvalue weighted by atomic mass is 10.1. The van der Waals surface area contributed by atoms with Crippen molar-refractivity contribution in [1.29, 1.82) is 0 Å². The molecule has 4 rings (SSSR count). The van der Waals surface area contributed by atoms with Crippen LogP contribution >= 0.6 is 11.3 Å². The summed E-state index contributed by atoms with van der Waals surface area (Å²) < 4.78 is 6.79. The monoisotopic (exact) mass is 404 g/mol. The number of aryl methyl sites for hydroxylation is 1. The first-order chi connectivity index (χ1) is 14.1. The standard InChI is InChI=1S/C23H20N2O3S/c1-3-28-18-11-9-16(10-12-18)19(26)13-25-14-24-22-20(23(25)27)15(2)21(29-22)17-7-5-4-6-8-17/h4-12,14H,3,13H2,1-2H3. The van der Waals surface area contributed by atoms with Crippen LogP contribution in [-0.2, 0) is 6.54 Å². The van der Waals surface area contributed by atoms with E-state index in [1.807, 2.05) is 44.2 Å². The summed E-state index contributed by atoms with van der Waals surface area (Å²) in [6.45, 7) is 4.36. The number of aromatic nitrogens is 2. The summed E-state index contributed by atoms with van der Waals surface area (Å²) in [4.78, 5) is 31.9. The van der Waals surface area contributed by atoms with Crippen LogP contribution in [0.3, 0.4) is 0 Å². The van der Waals surface area contributed by atoms with Gasteiger partial charge in [-0.25, -0.2) is 4.98 Å². The van der Waals surface area contributed by atoms with E-state index in [0.29, 0.717) is 28.1 Å². The summed E-state index contributed by atoms with van der Waals surface area (Å²) in [5, 5.41) is 0.579. The van der Waals surface area contributed by atoms with Crippen LogP contribution < -0.4 is 10.3 Å². The normalized spacial score (nSPS) is 11.0. The summed E-state index contributed by atoms with van der Waals surface area (Å²) in [6.07, 6.45) is 1.46. The van der Waals surface area contributed by atoms with Gasteiger partial charge in [-0.3, -0.25) is 14.2 Å². The van der Waals surface area contributed by atoms with Gasteiger partial charge in [-0.1, -0.05) is 30.3 Å². The number of fused-ring (bicyclic) bond motifs is 1. The summed E-state index contributed by atoms with van der Waals surface area (Å²) in [5.41, 5.74) is 2.30. The maximum atomic E-state index is 13.1. The number of rotatable bonds is 6. The molecule has 4 aromatic rings. The van der Waals surface area contributed by atoms with Crippen LogP contribution in [-0.4, -0.2) is 21.9 Å². The van der Waals surface area contributed by atoms with Crippen molar-refractivity contribution in [3.05, 3.63) is 82.4 Å². The highest BCUT2D eigenvalue weighted by molar-refractivity contribution is 7.22. The second kappa shape index (κ2) is 8.01. The molecule has 0 atom stereocenters. The van der Waals surface area contributed by atoms with E-state index in [2.05, 4.69) is 4.98 Å². The molecule has 0 radical (unpaired) electrons. The summed E-state index contributed by atoms with van der Waals surface area (Å²) in [6, 6.07) is 16.9. The van der Waals surface area contributed by atoms with Crippen molar-refractivity contribution in [2.45, 2.75) is 20.4 Å². The van der Waals surface area contributed by atoms with Crippen molar-refractivity contribution in [2.75, 3.05) is 6.61 Å². The second-order valence-electron chi connectivity index (χ2n) is 6.66. The van der Waals surface area contributed by atoms with Gasteiger partial charge < -0.3 is 4.74 Å². The number of Topliss-reactive ketones (excluding diaryl/α,β-unsaturated/α-hetero) is 1. The molecule has 2 aromatic heterocycles. The molecule has 0 saturated heterocycles. The van der Waals surface area contributed by atoms with Crippen molar-refractivity contribution in [1.82, 2.24) is 9.55 Å². The number of nitrogens with zero attached hydrogens (tertiary/aromatic N) is 2. The molecule has 0 saturated carbocycles. The van der Waals surface area contributed by atoms with Crippen LogP contribution in [0.15, 0.2) is 65.7 Å². The predicted molar refractivity (Wildman–Crippen MR) is 116 cm³/mol. The molecule has 2 heterocycles. The van der Waals surface area contributed by atoms with Crippen molar-refractivity contribution in [3.8, 4) is 16.2 Å². The van der Waals surface area contributed by atoms with Crippen LogP contribution in [0.1, 0.15) is 22.8 Å². The summed E-state index contributed by atoms with van der Waals surface area (Å²) in [7, 11) is 0. The van der Waals surface area contributed by atoms with Crippen LogP contribution in [0.5, 0.6) is 5.75 Å². The molecule has 0 spiro atoms. The van der Waals surface area contributed by atoms with E-state index in [4.69, 9.17) is 4.74 Å². The Balaban J connectivity index is 1.66. The van der Waals surface area contributed by atoms with Gasteiger partial charge >= 0.3 is 0 Å². The Morgan fingerprint density at radius 2 is 1.83 bits per heavy atom. The minimum absolute atomic E-state index is 0.0499. The molecule has 0 fully saturated rings. The average Bonchev–Trinajstić information content (AvgIpc) is 3.08. The van der Waals surface area contributed by atoms with Crippen molar-refractivity contribution in [3.63, 3.8) is 0 Å². The molecule has 6 heteroatoms. The Bertz CT molecular complexity index is 1220. The van der Waals surface area contributed by atoms with Crippen molar-refractivity contribution >= 4 is 27.3 Å². The molecule has 0 bridgehead atoms. The lowest BCUT2D eigenvalue weighted by Crippen LogP contribution is -2.24. The van der Waals surface area contributed by atoms with E-state index in [0.717, 1.165) is 16.0 Å². The van der Waals surface area contributed by atoms with Gasteiger partial charge in [0.05, 0.1) is 24.9 Å². The highest BCUT2D eigenvalue weighted by Gasteiger charge is 2.17. The van der Waals surface area contributed by atoms with E-state index in [1.165, 1.54) is 22.2 Å². The van der Waals surface area contributed by atoms with Crippen LogP contribution in [0.25, 0.3) is 20.7 Å². The number of ether oxygens (including phenoxy) is 1. The molecule has 0 aliphatic heterocycles. The van der Waals surface area contributed by atoms with Crippen molar-refractivity contribution < 1.29 is 9.53 Å². The Hall–Kier alpha value is -3.25. The lowest BCUT2D eigenvalue weighted by molar-refractivity contribution is 0.0970. The number of carbonyl (C=O) groups excluding carboxylic acids is 1. The third-order valence-electron chi connectivity index (χ3n) is 4.75. The minimum Gasteiger partial charge on any atom is -0.494 e. The zero-order valence-corrected chi connectivity index (χ0v) is 17.0. The number of benzene rings is 2. The fourth-order valence-corrected chi connectivity index (χ4v) is 4.43. The first-order valence-electron chi connectivity index (χ1n) is 9.38. The Kier molecular flexibility index (Phi) is 5.27. The molecule has 5 nitrogen and oxygen atoms in total. The molecular formula is C23H20N2O3S. The van der Waals surface area contributed by atoms with Gasteiger partial charge in [-0.15, -0.1) is 11.3 Å². The van der Waals surface area contributed by atoms with E-state index in [1.54, 1.807) is 24.3 Å². The molecule has 0 aliphatic rings. The molecule has 0 amide bonds. The molecule has 0 N–H and O–H groups in total. The number of thiophene rings is 1. The Morgan fingerprint density at radius 1 is 1.10 bits per heavy atom. The third-order valence-corrected chi connectivity index (χ3v) is 6.00. The number of carbonyl (C=O) groups is 1. The van der Waals surface area contributed by atoms with Crippen LogP contribution in [0, 0.1) is 6.92 Å². The van der Waals surface area contributed by atoms with Gasteiger partial charge in [0.25, 0.3) is 5.56 Å². The molecule has 0 aliphatic carbocycles. The number of hydrogen-bond donors (Lipinski definition) is 0. The third kappa shape index (κ3) is 3.71. The first kappa shape index (κ1) is 19.1. The van der Waals surface area contributed by atoms with Crippen LogP contribution in [0.4, 0.5) is 0 Å². The fourth-order valence-electron chi connectivity index (χ4n) is 3.29. The van der Waals surface area contributed by atoms with Crippen molar-refractivity contribution in [2.24, 2.45) is 0 Å². The largest absolute Gasteiger partial charge is 0.494 e. The smallest absolute Gasteiger partial charge is 0.262 e. The lowest BCUT2D eigenvalue weighted by Gasteiger charge is -2.07. The van der Waals surface area contributed by atoms with E-state index in [-0.39, 0.29) is 17.9 Å². The second-order valence-corrected chi connectivity index (χ2v) is 7.66. The quantitative estimate of drug-likeness (QED) is 0.437. The van der Waals surface area contributed by atoms with E-state index < -0.39 is 0 Å². The fraction of sp³-hybridized carbons (Fsp3) is 0.174. The Morgan fingerprint density at radius 3 is 2.52 bits per heavy atom. The number of hydrogen-bond acceptors (Lipinski definition) is 5. The summed E-state index contributed by atoms with van der Waals surface area (Å²) in [5.74, 6) is 0.569. The first-order valence-corrected chi connectivity index (χ1v) is 10.2. The topological polar surface area (TPSA) is 61.2 Å². The van der Waals surface area contributed by atoms with E-state index >= 15 is 0 Å². The molecular weight excluding hydrogens is 384 g/mol. The van der Waals surface area contributed by atoms with Crippen LogP contribution in [0.2, 0.25) is 0 Å². The zero-order chi connectivity index (χ0) is 20.4. The average molecular weight is 404 g/mol. The molecule has 2 aromatic carbocycles. The van der Waals surface area contributed by atoms with Gasteiger partial charge in [0, 0.05) is 10.4 Å². The highest BCUT2D eigenvalue weighted by Crippen LogP contribution is 2.35. The molecule has 0 unspecified atom stereocenters. The maximum Gasteiger partial charge on any atom is 0.262 e. The maximum absolute atomic E-state index is 13.1. The zero-order valence-electron chi connectivity index (χ0n) is 16.2. The summed E-state index contributed by atoms with van der Waals surface area (Å²) >= 11 is 1.50. The Labute approximate surface area is 172 Å². The molecule has 29 heavy (non-hydrogen) atoms. The van der Waals surface area contributed by atoms with Gasteiger partial charge in [0.2, 0.25) is 0 Å². The van der Waals surface area contributed by atoms with E-state index in [9.17, 15) is 9.59 Å². The highest BCUT2D eigenvalue weighted by atomic mass is 32.1. The molecule has 146 valence electrons. The van der Waals surface area contributed by atoms with Gasteiger partial charge in [-0.05, 0) is 49.2 Å². The minimum atomic E-state index is -0.190.